The summed E-state index contributed by atoms with van der Waals surface area (Å²) in [5.41, 5.74) is 12.6. The van der Waals surface area contributed by atoms with Gasteiger partial charge in [-0.25, -0.2) is 0 Å². The van der Waals surface area contributed by atoms with Crippen LogP contribution in [-0.2, 0) is 4.79 Å². The lowest BCUT2D eigenvalue weighted by atomic mass is 9.44. The number of nitrogens with one attached hydrogen (secondary N) is 1. The standard InChI is InChI=1S/C38H73N5O/c1-28(2)43(29(3)4)36(44)12-7-11-30-14-16-34-33-15-13-31-27-32(17-19-38(31,6)35(33)18-20-37(30,34)5)41-23-10-26-42(24-8-21-39)25-9-22-40/h28-35,41H,7-27,39-40H2,1-6H3. The van der Waals surface area contributed by atoms with Gasteiger partial charge in [-0.05, 0) is 197 Å². The molecule has 44 heavy (non-hydrogen) atoms. The zero-order valence-corrected chi connectivity index (χ0v) is 29.9. The highest BCUT2D eigenvalue weighted by molar-refractivity contribution is 5.76. The van der Waals surface area contributed by atoms with Gasteiger partial charge in [0.15, 0.2) is 0 Å². The molecule has 4 aliphatic carbocycles. The molecule has 4 rings (SSSR count). The minimum atomic E-state index is 0.294. The molecule has 256 valence electrons. The van der Waals surface area contributed by atoms with Gasteiger partial charge in [0.1, 0.15) is 0 Å². The van der Waals surface area contributed by atoms with Crippen LogP contribution in [-0.4, -0.2) is 73.1 Å². The summed E-state index contributed by atoms with van der Waals surface area (Å²) in [5.74, 6) is 4.88. The molecule has 0 heterocycles. The van der Waals surface area contributed by atoms with E-state index in [1.54, 1.807) is 0 Å². The van der Waals surface area contributed by atoms with Crippen LogP contribution in [0.5, 0.6) is 0 Å². The molecule has 6 nitrogen and oxygen atoms in total. The number of carbonyl (C=O) groups is 1. The smallest absolute Gasteiger partial charge is 0.223 e. The summed E-state index contributed by atoms with van der Waals surface area (Å²) in [6, 6.07) is 1.30. The summed E-state index contributed by atoms with van der Waals surface area (Å²) in [4.78, 5) is 17.7. The Kier molecular flexibility index (Phi) is 13.5. The first-order valence-corrected chi connectivity index (χ1v) is 19.2. The van der Waals surface area contributed by atoms with E-state index in [9.17, 15) is 4.79 Å². The van der Waals surface area contributed by atoms with Crippen LogP contribution in [0.25, 0.3) is 0 Å². The van der Waals surface area contributed by atoms with Crippen LogP contribution < -0.4 is 16.8 Å². The lowest BCUT2D eigenvalue weighted by Crippen LogP contribution is -2.55. The highest BCUT2D eigenvalue weighted by atomic mass is 16.2. The van der Waals surface area contributed by atoms with E-state index in [0.29, 0.717) is 34.9 Å². The second kappa shape index (κ2) is 16.4. The number of rotatable bonds is 17. The fraction of sp³-hybridized carbons (Fsp3) is 0.974. The largest absolute Gasteiger partial charge is 0.338 e. The fourth-order valence-electron chi connectivity index (χ4n) is 11.4. The molecule has 8 unspecified atom stereocenters. The molecule has 4 fully saturated rings. The summed E-state index contributed by atoms with van der Waals surface area (Å²) < 4.78 is 0. The van der Waals surface area contributed by atoms with Gasteiger partial charge in [0.05, 0.1) is 0 Å². The minimum absolute atomic E-state index is 0.294. The normalized spacial score (nSPS) is 35.2. The van der Waals surface area contributed by atoms with Gasteiger partial charge in [0, 0.05) is 24.5 Å². The average Bonchev–Trinajstić information content (AvgIpc) is 3.32. The van der Waals surface area contributed by atoms with Crippen molar-refractivity contribution in [2.24, 2.45) is 51.9 Å². The van der Waals surface area contributed by atoms with Crippen LogP contribution >= 0.6 is 0 Å². The van der Waals surface area contributed by atoms with Crippen molar-refractivity contribution in [2.45, 2.75) is 156 Å². The predicted octanol–water partition coefficient (Wildman–Crippen LogP) is 6.81. The number of nitrogens with two attached hydrogens (primary N) is 2. The van der Waals surface area contributed by atoms with Crippen molar-refractivity contribution >= 4 is 5.91 Å². The van der Waals surface area contributed by atoms with Crippen LogP contribution in [0, 0.1) is 40.4 Å². The Balaban J connectivity index is 1.25. The van der Waals surface area contributed by atoms with Crippen molar-refractivity contribution in [3.8, 4) is 0 Å². The van der Waals surface area contributed by atoms with Crippen molar-refractivity contribution in [3.05, 3.63) is 0 Å². The van der Waals surface area contributed by atoms with Gasteiger partial charge in [-0.15, -0.1) is 0 Å². The summed E-state index contributed by atoms with van der Waals surface area (Å²) in [6.45, 7) is 20.1. The lowest BCUT2D eigenvalue weighted by molar-refractivity contribution is -0.135. The summed E-state index contributed by atoms with van der Waals surface area (Å²) >= 11 is 0. The fourth-order valence-corrected chi connectivity index (χ4v) is 11.4. The van der Waals surface area contributed by atoms with Crippen LogP contribution in [0.4, 0.5) is 0 Å². The molecule has 0 aromatic heterocycles. The SMILES string of the molecule is CC(C)N(C(=O)CCCC1CCC2C3CCC4CC(NCCCN(CCCN)CCCN)CCC4(C)C3CCC12C)C(C)C. The molecular weight excluding hydrogens is 542 g/mol. The quantitative estimate of drug-likeness (QED) is 0.157. The van der Waals surface area contributed by atoms with Crippen molar-refractivity contribution in [2.75, 3.05) is 39.3 Å². The maximum absolute atomic E-state index is 13.0. The van der Waals surface area contributed by atoms with Gasteiger partial charge < -0.3 is 26.6 Å². The molecule has 1 amide bonds. The van der Waals surface area contributed by atoms with Crippen LogP contribution in [0.15, 0.2) is 0 Å². The Labute approximate surface area is 272 Å². The van der Waals surface area contributed by atoms with Gasteiger partial charge in [-0.2, -0.15) is 0 Å². The summed E-state index contributed by atoms with van der Waals surface area (Å²) in [6.07, 6.45) is 19.3. The summed E-state index contributed by atoms with van der Waals surface area (Å²) in [5, 5.41) is 4.00. The average molecular weight is 616 g/mol. The number of nitrogens with zero attached hydrogens (tertiary/aromatic N) is 2. The molecule has 8 atom stereocenters. The topological polar surface area (TPSA) is 87.6 Å². The van der Waals surface area contributed by atoms with E-state index in [2.05, 4.69) is 56.7 Å². The number of hydrogen-bond acceptors (Lipinski definition) is 5. The maximum atomic E-state index is 13.0. The van der Waals surface area contributed by atoms with E-state index in [1.807, 2.05) is 0 Å². The first-order chi connectivity index (χ1) is 21.0. The Bertz CT molecular complexity index is 863. The number of amides is 1. The molecular formula is C38H73N5O. The third kappa shape index (κ3) is 8.23. The first kappa shape index (κ1) is 36.2. The highest BCUT2D eigenvalue weighted by Crippen LogP contribution is 2.67. The van der Waals surface area contributed by atoms with E-state index in [-0.39, 0.29) is 0 Å². The lowest BCUT2D eigenvalue weighted by Gasteiger charge is -2.61. The number of hydrogen-bond donors (Lipinski definition) is 3. The second-order valence-corrected chi connectivity index (χ2v) is 16.8. The molecule has 6 heteroatoms. The van der Waals surface area contributed by atoms with E-state index in [1.165, 1.54) is 70.6 Å². The van der Waals surface area contributed by atoms with E-state index in [4.69, 9.17) is 11.5 Å². The van der Waals surface area contributed by atoms with Crippen molar-refractivity contribution < 1.29 is 4.79 Å². The molecule has 0 spiro atoms. The third-order valence-electron chi connectivity index (χ3n) is 13.6. The Morgan fingerprint density at radius 3 is 2.09 bits per heavy atom. The van der Waals surface area contributed by atoms with Crippen LogP contribution in [0.1, 0.15) is 138 Å². The maximum Gasteiger partial charge on any atom is 0.223 e. The monoisotopic (exact) mass is 616 g/mol. The zero-order valence-electron chi connectivity index (χ0n) is 29.9. The second-order valence-electron chi connectivity index (χ2n) is 16.8. The third-order valence-corrected chi connectivity index (χ3v) is 13.6. The molecule has 4 aliphatic rings. The molecule has 5 N–H and O–H groups in total. The zero-order chi connectivity index (χ0) is 31.9. The molecule has 0 aromatic rings. The van der Waals surface area contributed by atoms with Crippen molar-refractivity contribution in [1.82, 2.24) is 15.1 Å². The van der Waals surface area contributed by atoms with E-state index >= 15 is 0 Å². The molecule has 0 saturated heterocycles. The highest BCUT2D eigenvalue weighted by Gasteiger charge is 2.59. The van der Waals surface area contributed by atoms with Gasteiger partial charge in [-0.3, -0.25) is 4.79 Å². The van der Waals surface area contributed by atoms with E-state index < -0.39 is 0 Å². The van der Waals surface area contributed by atoms with Crippen molar-refractivity contribution in [3.63, 3.8) is 0 Å². The minimum Gasteiger partial charge on any atom is -0.338 e. The first-order valence-electron chi connectivity index (χ1n) is 19.2. The molecule has 0 bridgehead atoms. The van der Waals surface area contributed by atoms with Crippen LogP contribution in [0.2, 0.25) is 0 Å². The molecule has 4 saturated carbocycles. The summed E-state index contributed by atoms with van der Waals surface area (Å²) in [7, 11) is 0. The van der Waals surface area contributed by atoms with Gasteiger partial charge in [0.25, 0.3) is 0 Å². The number of carbonyl (C=O) groups excluding carboxylic acids is 1. The van der Waals surface area contributed by atoms with E-state index in [0.717, 1.165) is 94.5 Å². The molecule has 0 aromatic carbocycles. The Morgan fingerprint density at radius 1 is 0.795 bits per heavy atom. The van der Waals surface area contributed by atoms with Crippen molar-refractivity contribution in [1.29, 1.82) is 0 Å². The van der Waals surface area contributed by atoms with Crippen LogP contribution in [0.3, 0.4) is 0 Å². The van der Waals surface area contributed by atoms with Gasteiger partial charge in [-0.1, -0.05) is 13.8 Å². The van der Waals surface area contributed by atoms with Gasteiger partial charge in [0.2, 0.25) is 5.91 Å². The number of fused-ring (bicyclic) bond motifs is 5. The molecule has 0 radical (unpaired) electrons. The molecule has 0 aliphatic heterocycles. The Morgan fingerprint density at radius 2 is 1.43 bits per heavy atom. The Hall–Kier alpha value is -0.690. The van der Waals surface area contributed by atoms with Gasteiger partial charge >= 0.3 is 0 Å². The predicted molar refractivity (Wildman–Crippen MR) is 186 cm³/mol.